The number of benzene rings is 1. The second-order valence-corrected chi connectivity index (χ2v) is 4.64. The number of ether oxygens (including phenoxy) is 1. The van der Waals surface area contributed by atoms with Crippen LogP contribution in [0.15, 0.2) is 29.8 Å². The predicted octanol–water partition coefficient (Wildman–Crippen LogP) is 2.72. The third-order valence-electron chi connectivity index (χ3n) is 3.23. The molecule has 0 saturated heterocycles. The Morgan fingerprint density at radius 1 is 1.26 bits per heavy atom. The van der Waals surface area contributed by atoms with E-state index in [1.165, 1.54) is 0 Å². The van der Waals surface area contributed by atoms with Crippen molar-refractivity contribution in [1.29, 1.82) is 0 Å². The summed E-state index contributed by atoms with van der Waals surface area (Å²) in [5.41, 5.74) is 3.94. The van der Waals surface area contributed by atoms with E-state index in [0.717, 1.165) is 22.5 Å². The molecule has 1 atom stereocenters. The van der Waals surface area contributed by atoms with Gasteiger partial charge in [-0.2, -0.15) is 13.2 Å². The summed E-state index contributed by atoms with van der Waals surface area (Å²) in [5, 5.41) is 6.29. The molecule has 2 aliphatic rings. The molecule has 0 bridgehead atoms. The van der Waals surface area contributed by atoms with Crippen molar-refractivity contribution in [2.24, 2.45) is 0 Å². The molecule has 0 saturated carbocycles. The minimum absolute atomic E-state index is 0.479. The van der Waals surface area contributed by atoms with Crippen molar-refractivity contribution in [1.82, 2.24) is 5.32 Å². The molecule has 3 nitrogen and oxygen atoms in total. The first kappa shape index (κ1) is 12.3. The van der Waals surface area contributed by atoms with Gasteiger partial charge in [-0.1, -0.05) is 18.2 Å². The first-order valence-corrected chi connectivity index (χ1v) is 6.03. The largest absolute Gasteiger partial charge is 0.411 e. The van der Waals surface area contributed by atoms with E-state index in [1.54, 1.807) is 0 Å². The zero-order chi connectivity index (χ0) is 13.5. The van der Waals surface area contributed by atoms with Gasteiger partial charge in [0.1, 0.15) is 12.8 Å². The van der Waals surface area contributed by atoms with Crippen molar-refractivity contribution in [3.63, 3.8) is 0 Å². The number of alkyl halides is 3. The summed E-state index contributed by atoms with van der Waals surface area (Å²) in [5.74, 6) is 0. The molecule has 3 rings (SSSR count). The number of para-hydroxylation sites is 1. The van der Waals surface area contributed by atoms with Gasteiger partial charge in [0.15, 0.2) is 0 Å². The minimum Gasteiger partial charge on any atom is -0.381 e. The van der Waals surface area contributed by atoms with Crippen molar-refractivity contribution in [2.75, 3.05) is 18.5 Å². The summed E-state index contributed by atoms with van der Waals surface area (Å²) in [6.07, 6.45) is -4.41. The Balaban J connectivity index is 1.72. The SMILES string of the molecule is FC(F)(F)COC1CC2=C(N1)c1ccccc1NC2. The predicted molar refractivity (Wildman–Crippen MR) is 65.4 cm³/mol. The number of halogens is 3. The van der Waals surface area contributed by atoms with Crippen LogP contribution in [0.3, 0.4) is 0 Å². The Labute approximate surface area is 108 Å². The van der Waals surface area contributed by atoms with Gasteiger partial charge in [0.05, 0.1) is 0 Å². The summed E-state index contributed by atoms with van der Waals surface area (Å²) in [4.78, 5) is 0. The van der Waals surface area contributed by atoms with Gasteiger partial charge in [0.2, 0.25) is 0 Å². The highest BCUT2D eigenvalue weighted by Gasteiger charge is 2.33. The summed E-state index contributed by atoms with van der Waals surface area (Å²) in [7, 11) is 0. The number of hydrogen-bond acceptors (Lipinski definition) is 3. The van der Waals surface area contributed by atoms with E-state index in [9.17, 15) is 13.2 Å². The molecular weight excluding hydrogens is 257 g/mol. The van der Waals surface area contributed by atoms with Crippen molar-refractivity contribution in [3.05, 3.63) is 35.4 Å². The molecule has 0 spiro atoms. The standard InChI is InChI=1S/C13H13F3N2O/c14-13(15,16)7-19-11-5-8-6-17-10-4-2-1-3-9(10)12(8)18-11/h1-4,11,17-18H,5-7H2. The van der Waals surface area contributed by atoms with Gasteiger partial charge < -0.3 is 15.4 Å². The van der Waals surface area contributed by atoms with Crippen LogP contribution in [0.1, 0.15) is 12.0 Å². The van der Waals surface area contributed by atoms with E-state index in [0.29, 0.717) is 13.0 Å². The van der Waals surface area contributed by atoms with E-state index in [1.807, 2.05) is 24.3 Å². The molecule has 19 heavy (non-hydrogen) atoms. The molecule has 1 aromatic carbocycles. The summed E-state index contributed by atoms with van der Waals surface area (Å²) in [6.45, 7) is -0.578. The van der Waals surface area contributed by atoms with E-state index in [4.69, 9.17) is 4.74 Å². The van der Waals surface area contributed by atoms with Crippen LogP contribution in [0.25, 0.3) is 5.70 Å². The smallest absolute Gasteiger partial charge is 0.381 e. The first-order chi connectivity index (χ1) is 9.03. The highest BCUT2D eigenvalue weighted by Crippen LogP contribution is 2.35. The topological polar surface area (TPSA) is 33.3 Å². The summed E-state index contributed by atoms with van der Waals surface area (Å²) >= 11 is 0. The quantitative estimate of drug-likeness (QED) is 0.867. The Morgan fingerprint density at radius 2 is 2.05 bits per heavy atom. The zero-order valence-electron chi connectivity index (χ0n) is 10.1. The van der Waals surface area contributed by atoms with Crippen LogP contribution in [0.2, 0.25) is 0 Å². The highest BCUT2D eigenvalue weighted by molar-refractivity contribution is 5.82. The van der Waals surface area contributed by atoms with E-state index >= 15 is 0 Å². The highest BCUT2D eigenvalue weighted by atomic mass is 19.4. The maximum Gasteiger partial charge on any atom is 0.411 e. The van der Waals surface area contributed by atoms with Gasteiger partial charge in [0.25, 0.3) is 0 Å². The fourth-order valence-electron chi connectivity index (χ4n) is 2.42. The summed E-state index contributed by atoms with van der Waals surface area (Å²) < 4.78 is 41.3. The van der Waals surface area contributed by atoms with Gasteiger partial charge in [0, 0.05) is 29.9 Å². The Bertz CT molecular complexity index is 525. The second kappa shape index (κ2) is 4.45. The average molecular weight is 270 g/mol. The molecule has 1 unspecified atom stereocenters. The maximum atomic E-state index is 12.1. The summed E-state index contributed by atoms with van der Waals surface area (Å²) in [6, 6.07) is 7.71. The maximum absolute atomic E-state index is 12.1. The zero-order valence-corrected chi connectivity index (χ0v) is 10.1. The van der Waals surface area contributed by atoms with E-state index < -0.39 is 19.0 Å². The van der Waals surface area contributed by atoms with Gasteiger partial charge in [-0.05, 0) is 11.6 Å². The fourth-order valence-corrected chi connectivity index (χ4v) is 2.42. The van der Waals surface area contributed by atoms with Gasteiger partial charge >= 0.3 is 6.18 Å². The Morgan fingerprint density at radius 3 is 2.84 bits per heavy atom. The molecule has 102 valence electrons. The molecule has 0 aromatic heterocycles. The lowest BCUT2D eigenvalue weighted by Gasteiger charge is -2.20. The molecule has 2 N–H and O–H groups in total. The Kier molecular flexibility index (Phi) is 2.89. The lowest BCUT2D eigenvalue weighted by molar-refractivity contribution is -0.186. The van der Waals surface area contributed by atoms with Crippen molar-refractivity contribution >= 4 is 11.4 Å². The fraction of sp³-hybridized carbons (Fsp3) is 0.385. The lowest BCUT2D eigenvalue weighted by Crippen LogP contribution is -2.30. The second-order valence-electron chi connectivity index (χ2n) is 4.64. The van der Waals surface area contributed by atoms with Crippen molar-refractivity contribution < 1.29 is 17.9 Å². The molecular formula is C13H13F3N2O. The van der Waals surface area contributed by atoms with Crippen molar-refractivity contribution in [3.8, 4) is 0 Å². The number of anilines is 1. The van der Waals surface area contributed by atoms with Crippen LogP contribution in [0.4, 0.5) is 18.9 Å². The van der Waals surface area contributed by atoms with E-state index in [-0.39, 0.29) is 0 Å². The van der Waals surface area contributed by atoms with Gasteiger partial charge in [-0.15, -0.1) is 0 Å². The molecule has 0 fully saturated rings. The molecule has 2 aliphatic heterocycles. The third kappa shape index (κ3) is 2.53. The molecule has 0 radical (unpaired) electrons. The molecule has 6 heteroatoms. The third-order valence-corrected chi connectivity index (χ3v) is 3.23. The molecule has 2 heterocycles. The van der Waals surface area contributed by atoms with Crippen LogP contribution in [-0.2, 0) is 4.74 Å². The monoisotopic (exact) mass is 270 g/mol. The molecule has 1 aromatic rings. The number of rotatable bonds is 2. The normalized spacial score (nSPS) is 21.5. The number of fused-ring (bicyclic) bond motifs is 2. The minimum atomic E-state index is -4.29. The molecule has 0 aliphatic carbocycles. The van der Waals surface area contributed by atoms with Crippen LogP contribution >= 0.6 is 0 Å². The van der Waals surface area contributed by atoms with Gasteiger partial charge in [-0.25, -0.2) is 0 Å². The van der Waals surface area contributed by atoms with Crippen LogP contribution in [0, 0.1) is 0 Å². The first-order valence-electron chi connectivity index (χ1n) is 6.03. The van der Waals surface area contributed by atoms with Crippen molar-refractivity contribution in [2.45, 2.75) is 18.8 Å². The average Bonchev–Trinajstić information content (AvgIpc) is 2.79. The van der Waals surface area contributed by atoms with Crippen LogP contribution in [-0.4, -0.2) is 25.6 Å². The van der Waals surface area contributed by atoms with Crippen LogP contribution < -0.4 is 10.6 Å². The Hall–Kier alpha value is -1.69. The number of nitrogens with one attached hydrogen (secondary N) is 2. The van der Waals surface area contributed by atoms with Gasteiger partial charge in [-0.3, -0.25) is 0 Å². The van der Waals surface area contributed by atoms with E-state index in [2.05, 4.69) is 10.6 Å². The molecule has 0 amide bonds. The van der Waals surface area contributed by atoms with Crippen LogP contribution in [0.5, 0.6) is 0 Å². The lowest BCUT2D eigenvalue weighted by atomic mass is 10.0. The number of hydrogen-bond donors (Lipinski definition) is 2.